The number of sulfonamides is 1. The third kappa shape index (κ3) is 2.69. The number of nitrogens with one attached hydrogen (secondary N) is 1. The Morgan fingerprint density at radius 3 is 2.79 bits per heavy atom. The largest absolute Gasteiger partial charge is 0.390 e. The normalized spacial score (nSPS) is 23.9. The van der Waals surface area contributed by atoms with Gasteiger partial charge in [-0.25, -0.2) is 13.1 Å². The number of aromatic nitrogens is 1. The van der Waals surface area contributed by atoms with Gasteiger partial charge in [0.05, 0.1) is 18.1 Å². The highest BCUT2D eigenvalue weighted by molar-refractivity contribution is 7.89. The van der Waals surface area contributed by atoms with E-state index in [4.69, 9.17) is 4.74 Å². The molecule has 7 heteroatoms. The van der Waals surface area contributed by atoms with Gasteiger partial charge < -0.3 is 14.4 Å². The van der Waals surface area contributed by atoms with Crippen molar-refractivity contribution in [3.63, 3.8) is 0 Å². The molecule has 106 valence electrons. The average Bonchev–Trinajstić information content (AvgIpc) is 2.91. The van der Waals surface area contributed by atoms with E-state index in [1.807, 2.05) is 4.57 Å². The Balaban J connectivity index is 1.83. The van der Waals surface area contributed by atoms with Crippen LogP contribution < -0.4 is 4.72 Å². The number of ether oxygens (including phenoxy) is 1. The molecule has 1 aromatic rings. The fourth-order valence-electron chi connectivity index (χ4n) is 2.38. The number of hydrogen-bond donors (Lipinski definition) is 2. The van der Waals surface area contributed by atoms with Crippen LogP contribution in [-0.4, -0.2) is 37.3 Å². The van der Waals surface area contributed by atoms with Crippen molar-refractivity contribution in [2.75, 3.05) is 13.2 Å². The summed E-state index contributed by atoms with van der Waals surface area (Å²) in [7, 11) is -3.52. The van der Waals surface area contributed by atoms with Crippen molar-refractivity contribution in [1.29, 1.82) is 0 Å². The summed E-state index contributed by atoms with van der Waals surface area (Å²) in [4.78, 5) is 0.232. The van der Waals surface area contributed by atoms with Gasteiger partial charge in [0.2, 0.25) is 10.0 Å². The van der Waals surface area contributed by atoms with Gasteiger partial charge in [-0.2, -0.15) is 0 Å². The third-order valence-corrected chi connectivity index (χ3v) is 5.06. The summed E-state index contributed by atoms with van der Waals surface area (Å²) < 4.78 is 34.2. The van der Waals surface area contributed by atoms with Crippen molar-refractivity contribution in [1.82, 2.24) is 9.29 Å². The van der Waals surface area contributed by atoms with E-state index < -0.39 is 10.0 Å². The molecule has 0 bridgehead atoms. The molecule has 2 N–H and O–H groups in total. The zero-order valence-electron chi connectivity index (χ0n) is 10.6. The average molecular weight is 286 g/mol. The maximum Gasteiger partial charge on any atom is 0.242 e. The van der Waals surface area contributed by atoms with Crippen LogP contribution in [-0.2, 0) is 21.4 Å². The maximum absolute atomic E-state index is 12.3. The lowest BCUT2D eigenvalue weighted by Gasteiger charge is -2.09. The molecule has 2 fully saturated rings. The molecule has 1 aliphatic carbocycles. The van der Waals surface area contributed by atoms with E-state index in [9.17, 15) is 13.5 Å². The molecular formula is C12H18N2O4S. The van der Waals surface area contributed by atoms with Crippen LogP contribution in [0.1, 0.15) is 31.0 Å². The maximum atomic E-state index is 12.3. The zero-order valence-corrected chi connectivity index (χ0v) is 11.4. The molecule has 0 amide bonds. The summed E-state index contributed by atoms with van der Waals surface area (Å²) in [5, 5.41) is 9.30. The highest BCUT2D eigenvalue weighted by Gasteiger charge is 2.29. The Labute approximate surface area is 112 Å². The molecule has 1 aliphatic heterocycles. The van der Waals surface area contributed by atoms with Crippen molar-refractivity contribution in [2.24, 2.45) is 0 Å². The van der Waals surface area contributed by atoms with Crippen molar-refractivity contribution in [2.45, 2.75) is 42.8 Å². The molecule has 1 saturated carbocycles. The molecule has 3 rings (SSSR count). The van der Waals surface area contributed by atoms with Crippen LogP contribution in [0.2, 0.25) is 0 Å². The summed E-state index contributed by atoms with van der Waals surface area (Å²) in [6, 6.07) is 1.75. The Bertz CT molecular complexity index is 556. The fraction of sp³-hybridized carbons (Fsp3) is 0.667. The zero-order chi connectivity index (χ0) is 13.5. The molecule has 6 nitrogen and oxygen atoms in total. The minimum Gasteiger partial charge on any atom is -0.390 e. The van der Waals surface area contributed by atoms with Crippen LogP contribution >= 0.6 is 0 Å². The first-order chi connectivity index (χ1) is 9.10. The van der Waals surface area contributed by atoms with Crippen molar-refractivity contribution >= 4 is 10.0 Å². The predicted molar refractivity (Wildman–Crippen MR) is 68.2 cm³/mol. The van der Waals surface area contributed by atoms with Crippen molar-refractivity contribution in [3.8, 4) is 0 Å². The monoisotopic (exact) mass is 286 g/mol. The Morgan fingerprint density at radius 2 is 2.21 bits per heavy atom. The number of nitrogens with zero attached hydrogens (tertiary/aromatic N) is 1. The lowest BCUT2D eigenvalue weighted by atomic mass is 10.3. The van der Waals surface area contributed by atoms with Crippen LogP contribution in [0.3, 0.4) is 0 Å². The molecular weight excluding hydrogens is 268 g/mol. The van der Waals surface area contributed by atoms with Crippen LogP contribution in [0.25, 0.3) is 0 Å². The Hall–Kier alpha value is -0.890. The lowest BCUT2D eigenvalue weighted by Crippen LogP contribution is -2.34. The number of aliphatic hydroxyl groups excluding tert-OH is 1. The van der Waals surface area contributed by atoms with E-state index >= 15 is 0 Å². The molecule has 1 saturated heterocycles. The summed E-state index contributed by atoms with van der Waals surface area (Å²) >= 11 is 0. The van der Waals surface area contributed by atoms with Gasteiger partial charge in [0.25, 0.3) is 0 Å². The second kappa shape index (κ2) is 4.90. The third-order valence-electron chi connectivity index (χ3n) is 3.57. The van der Waals surface area contributed by atoms with Gasteiger partial charge in [0, 0.05) is 30.6 Å². The van der Waals surface area contributed by atoms with Gasteiger partial charge >= 0.3 is 0 Å². The van der Waals surface area contributed by atoms with Gasteiger partial charge in [0.1, 0.15) is 0 Å². The first-order valence-corrected chi connectivity index (χ1v) is 8.00. The fourth-order valence-corrected chi connectivity index (χ4v) is 3.68. The van der Waals surface area contributed by atoms with Crippen LogP contribution in [0.4, 0.5) is 0 Å². The molecule has 1 aromatic heterocycles. The predicted octanol–water partition coefficient (Wildman–Crippen LogP) is 0.382. The van der Waals surface area contributed by atoms with Gasteiger partial charge in [0.15, 0.2) is 0 Å². The Kier molecular flexibility index (Phi) is 3.38. The van der Waals surface area contributed by atoms with Crippen LogP contribution in [0, 0.1) is 0 Å². The molecule has 0 spiro atoms. The summed E-state index contributed by atoms with van der Waals surface area (Å²) in [6.45, 7) is 0.881. The number of rotatable bonds is 5. The highest BCUT2D eigenvalue weighted by Crippen LogP contribution is 2.37. The van der Waals surface area contributed by atoms with Gasteiger partial charge in [-0.1, -0.05) is 0 Å². The van der Waals surface area contributed by atoms with Crippen molar-refractivity contribution in [3.05, 3.63) is 18.0 Å². The highest BCUT2D eigenvalue weighted by atomic mass is 32.2. The second-order valence-electron chi connectivity index (χ2n) is 5.15. The van der Waals surface area contributed by atoms with E-state index in [1.165, 1.54) is 0 Å². The van der Waals surface area contributed by atoms with Gasteiger partial charge in [-0.15, -0.1) is 0 Å². The standard InChI is InChI=1S/C12H18N2O4S/c15-7-11-5-12(6-14(11)10-1-2-10)19(16,17)13-9-3-4-18-8-9/h5-6,9-10,13,15H,1-4,7-8H2. The smallest absolute Gasteiger partial charge is 0.242 e. The van der Waals surface area contributed by atoms with E-state index in [2.05, 4.69) is 4.72 Å². The SMILES string of the molecule is O=S(=O)(NC1CCOC1)c1cc(CO)n(C2CC2)c1. The first kappa shape index (κ1) is 13.1. The minimum atomic E-state index is -3.52. The first-order valence-electron chi connectivity index (χ1n) is 6.52. The van der Waals surface area contributed by atoms with E-state index in [-0.39, 0.29) is 17.5 Å². The Morgan fingerprint density at radius 1 is 1.42 bits per heavy atom. The number of hydrogen-bond acceptors (Lipinski definition) is 4. The van der Waals surface area contributed by atoms with Crippen LogP contribution in [0.5, 0.6) is 0 Å². The quantitative estimate of drug-likeness (QED) is 0.820. The molecule has 1 atom stereocenters. The molecule has 1 unspecified atom stereocenters. The second-order valence-corrected chi connectivity index (χ2v) is 6.86. The molecule has 2 aliphatic rings. The summed E-state index contributed by atoms with van der Waals surface area (Å²) in [5.74, 6) is 0. The summed E-state index contributed by atoms with van der Waals surface area (Å²) in [5.41, 5.74) is 0.658. The molecule has 19 heavy (non-hydrogen) atoms. The minimum absolute atomic E-state index is 0.140. The molecule has 2 heterocycles. The van der Waals surface area contributed by atoms with E-state index in [1.54, 1.807) is 12.3 Å². The van der Waals surface area contributed by atoms with Gasteiger partial charge in [-0.05, 0) is 25.3 Å². The lowest BCUT2D eigenvalue weighted by molar-refractivity contribution is 0.192. The number of aliphatic hydroxyl groups is 1. The molecule has 0 aromatic carbocycles. The van der Waals surface area contributed by atoms with Crippen LogP contribution in [0.15, 0.2) is 17.2 Å². The topological polar surface area (TPSA) is 80.6 Å². The molecule has 0 radical (unpaired) electrons. The van der Waals surface area contributed by atoms with Crippen molar-refractivity contribution < 1.29 is 18.3 Å². The van der Waals surface area contributed by atoms with Gasteiger partial charge in [-0.3, -0.25) is 0 Å². The summed E-state index contributed by atoms with van der Waals surface area (Å²) in [6.07, 6.45) is 4.42. The van der Waals surface area contributed by atoms with E-state index in [0.29, 0.717) is 31.4 Å². The van der Waals surface area contributed by atoms with E-state index in [0.717, 1.165) is 12.8 Å².